The third-order valence-corrected chi connectivity index (χ3v) is 5.18. The van der Waals surface area contributed by atoms with E-state index in [1.807, 2.05) is 0 Å². The van der Waals surface area contributed by atoms with Crippen molar-refractivity contribution in [3.05, 3.63) is 59.7 Å². The van der Waals surface area contributed by atoms with Crippen LogP contribution in [0.4, 0.5) is 5.69 Å². The number of sulfone groups is 1. The fourth-order valence-electron chi connectivity index (χ4n) is 2.47. The van der Waals surface area contributed by atoms with E-state index in [0.29, 0.717) is 0 Å². The third-order valence-electron chi connectivity index (χ3n) is 3.56. The number of hydrogen-bond donors (Lipinski definition) is 1. The van der Waals surface area contributed by atoms with Crippen LogP contribution >= 0.6 is 0 Å². The van der Waals surface area contributed by atoms with Crippen LogP contribution < -0.4 is 4.90 Å². The van der Waals surface area contributed by atoms with Crippen LogP contribution in [0.3, 0.4) is 0 Å². The van der Waals surface area contributed by atoms with Crippen molar-refractivity contribution in [1.29, 1.82) is 0 Å². The molecule has 3 rings (SSSR count). The molecule has 122 valence electrons. The fraction of sp³-hybridized carbons (Fsp3) is 0.0625. The van der Waals surface area contributed by atoms with Gasteiger partial charge in [0.25, 0.3) is 11.8 Å². The summed E-state index contributed by atoms with van der Waals surface area (Å²) in [6, 6.07) is 11.3. The van der Waals surface area contributed by atoms with Crippen molar-refractivity contribution in [3.63, 3.8) is 0 Å². The minimum absolute atomic E-state index is 0.190. The summed E-state index contributed by atoms with van der Waals surface area (Å²) in [5.41, 5.74) is 0.783. The van der Waals surface area contributed by atoms with E-state index < -0.39 is 33.4 Å². The van der Waals surface area contributed by atoms with Gasteiger partial charge in [-0.3, -0.25) is 14.4 Å². The van der Waals surface area contributed by atoms with Gasteiger partial charge in [0.1, 0.15) is 0 Å². The van der Waals surface area contributed by atoms with Crippen LogP contribution in [0.1, 0.15) is 20.7 Å². The lowest BCUT2D eigenvalue weighted by Crippen LogP contribution is -2.29. The van der Waals surface area contributed by atoms with Crippen molar-refractivity contribution >= 4 is 33.3 Å². The van der Waals surface area contributed by atoms with Crippen molar-refractivity contribution in [2.75, 3.05) is 10.7 Å². The molecule has 0 unspecified atom stereocenters. The molecule has 1 heterocycles. The molecule has 1 N–H and O–H groups in total. The minimum atomic E-state index is -3.97. The fourth-order valence-corrected chi connectivity index (χ4v) is 3.51. The monoisotopic (exact) mass is 345 g/mol. The van der Waals surface area contributed by atoms with Crippen molar-refractivity contribution in [3.8, 4) is 0 Å². The second-order valence-electron chi connectivity index (χ2n) is 5.14. The van der Waals surface area contributed by atoms with Gasteiger partial charge in [0.15, 0.2) is 15.6 Å². The average molecular weight is 345 g/mol. The SMILES string of the molecule is O=C(O)CS(=O)(=O)c1ccc(N2C(=O)c3ccccc3C2=O)cc1. The van der Waals surface area contributed by atoms with Gasteiger partial charge in [0.2, 0.25) is 0 Å². The van der Waals surface area contributed by atoms with Crippen molar-refractivity contribution in [2.45, 2.75) is 4.90 Å². The second kappa shape index (κ2) is 5.57. The van der Waals surface area contributed by atoms with Gasteiger partial charge in [-0.25, -0.2) is 13.3 Å². The Kier molecular flexibility index (Phi) is 3.69. The van der Waals surface area contributed by atoms with Crippen molar-refractivity contribution < 1.29 is 27.9 Å². The molecule has 8 heteroatoms. The van der Waals surface area contributed by atoms with Gasteiger partial charge in [-0.2, -0.15) is 0 Å². The molecule has 2 aromatic rings. The molecule has 0 atom stereocenters. The highest BCUT2D eigenvalue weighted by atomic mass is 32.2. The molecule has 0 radical (unpaired) electrons. The Hall–Kier alpha value is -3.00. The van der Waals surface area contributed by atoms with Crippen LogP contribution in [0.5, 0.6) is 0 Å². The zero-order chi connectivity index (χ0) is 17.5. The lowest BCUT2D eigenvalue weighted by Gasteiger charge is -2.14. The van der Waals surface area contributed by atoms with Gasteiger partial charge in [-0.1, -0.05) is 12.1 Å². The maximum atomic E-state index is 12.3. The Morgan fingerprint density at radius 2 is 1.42 bits per heavy atom. The Morgan fingerprint density at radius 3 is 1.88 bits per heavy atom. The largest absolute Gasteiger partial charge is 0.480 e. The van der Waals surface area contributed by atoms with Crippen LogP contribution in [0.25, 0.3) is 0 Å². The summed E-state index contributed by atoms with van der Waals surface area (Å²) < 4.78 is 23.7. The maximum Gasteiger partial charge on any atom is 0.319 e. The summed E-state index contributed by atoms with van der Waals surface area (Å²) in [5.74, 6) is -3.47. The first-order valence-corrected chi connectivity index (χ1v) is 8.49. The number of rotatable bonds is 4. The zero-order valence-electron chi connectivity index (χ0n) is 12.2. The molecule has 1 aliphatic rings. The summed E-state index contributed by atoms with van der Waals surface area (Å²) in [5, 5.41) is 8.63. The van der Waals surface area contributed by atoms with Gasteiger partial charge in [0, 0.05) is 0 Å². The van der Waals surface area contributed by atoms with Gasteiger partial charge < -0.3 is 5.11 Å². The highest BCUT2D eigenvalue weighted by Crippen LogP contribution is 2.29. The van der Waals surface area contributed by atoms with Crippen LogP contribution in [0.15, 0.2) is 53.4 Å². The predicted molar refractivity (Wildman–Crippen MR) is 83.7 cm³/mol. The number of amides is 2. The summed E-state index contributed by atoms with van der Waals surface area (Å²) in [7, 11) is -3.97. The van der Waals surface area contributed by atoms with Crippen LogP contribution in [0.2, 0.25) is 0 Å². The van der Waals surface area contributed by atoms with Crippen molar-refractivity contribution in [1.82, 2.24) is 0 Å². The van der Waals surface area contributed by atoms with Crippen molar-refractivity contribution in [2.24, 2.45) is 0 Å². The van der Waals surface area contributed by atoms with Crippen LogP contribution in [-0.2, 0) is 14.6 Å². The Morgan fingerprint density at radius 1 is 0.917 bits per heavy atom. The Balaban J connectivity index is 1.95. The molecule has 2 amide bonds. The first kappa shape index (κ1) is 15.9. The highest BCUT2D eigenvalue weighted by molar-refractivity contribution is 7.92. The molecule has 7 nitrogen and oxygen atoms in total. The van der Waals surface area contributed by atoms with E-state index in [-0.39, 0.29) is 21.7 Å². The van der Waals surface area contributed by atoms with E-state index in [1.54, 1.807) is 24.3 Å². The Labute approximate surface area is 137 Å². The normalized spacial score (nSPS) is 13.9. The van der Waals surface area contributed by atoms with E-state index in [2.05, 4.69) is 0 Å². The molecule has 0 saturated carbocycles. The van der Waals surface area contributed by atoms with Gasteiger partial charge in [-0.05, 0) is 36.4 Å². The second-order valence-corrected chi connectivity index (χ2v) is 7.13. The maximum absolute atomic E-state index is 12.3. The quantitative estimate of drug-likeness (QED) is 0.838. The highest BCUT2D eigenvalue weighted by Gasteiger charge is 2.36. The number of benzene rings is 2. The molecule has 0 saturated heterocycles. The zero-order valence-corrected chi connectivity index (χ0v) is 13.0. The molecular formula is C16H11NO6S. The lowest BCUT2D eigenvalue weighted by atomic mass is 10.1. The predicted octanol–water partition coefficient (Wildman–Crippen LogP) is 1.35. The molecule has 0 aromatic heterocycles. The molecule has 0 aliphatic carbocycles. The van der Waals surface area contributed by atoms with Crippen LogP contribution in [-0.4, -0.2) is 37.1 Å². The molecule has 24 heavy (non-hydrogen) atoms. The number of carboxylic acids is 1. The van der Waals surface area contributed by atoms with Gasteiger partial charge >= 0.3 is 5.97 Å². The number of anilines is 1. The van der Waals surface area contributed by atoms with Crippen LogP contribution in [0, 0.1) is 0 Å². The summed E-state index contributed by atoms with van der Waals surface area (Å²) in [4.78, 5) is 36.1. The van der Waals surface area contributed by atoms with E-state index in [4.69, 9.17) is 5.11 Å². The molecule has 0 bridgehead atoms. The molecular weight excluding hydrogens is 334 g/mol. The molecule has 2 aromatic carbocycles. The number of imide groups is 1. The van der Waals surface area contributed by atoms with Gasteiger partial charge in [-0.15, -0.1) is 0 Å². The number of aliphatic carboxylic acids is 1. The number of hydrogen-bond acceptors (Lipinski definition) is 5. The van der Waals surface area contributed by atoms with E-state index in [0.717, 1.165) is 4.90 Å². The first-order valence-electron chi connectivity index (χ1n) is 6.84. The summed E-state index contributed by atoms with van der Waals surface area (Å²) >= 11 is 0. The third kappa shape index (κ3) is 2.56. The lowest BCUT2D eigenvalue weighted by molar-refractivity contribution is -0.134. The molecule has 0 spiro atoms. The van der Waals surface area contributed by atoms with E-state index in [9.17, 15) is 22.8 Å². The Bertz CT molecular complexity index is 927. The van der Waals surface area contributed by atoms with Gasteiger partial charge in [0.05, 0.1) is 21.7 Å². The van der Waals surface area contributed by atoms with E-state index >= 15 is 0 Å². The molecule has 0 fully saturated rings. The smallest absolute Gasteiger partial charge is 0.319 e. The summed E-state index contributed by atoms with van der Waals surface area (Å²) in [6.45, 7) is 0. The minimum Gasteiger partial charge on any atom is -0.480 e. The number of fused-ring (bicyclic) bond motifs is 1. The number of carbonyl (C=O) groups is 3. The number of carbonyl (C=O) groups excluding carboxylic acids is 2. The number of nitrogens with zero attached hydrogens (tertiary/aromatic N) is 1. The van der Waals surface area contributed by atoms with E-state index in [1.165, 1.54) is 24.3 Å². The average Bonchev–Trinajstić information content (AvgIpc) is 2.78. The molecule has 1 aliphatic heterocycles. The number of carboxylic acid groups (broad SMARTS) is 1. The standard InChI is InChI=1S/C16H11NO6S/c18-14(19)9-24(22,23)11-7-5-10(6-8-11)17-15(20)12-3-1-2-4-13(12)16(17)21/h1-8H,9H2,(H,18,19). The summed E-state index contributed by atoms with van der Waals surface area (Å²) in [6.07, 6.45) is 0. The topological polar surface area (TPSA) is 109 Å². The first-order chi connectivity index (χ1) is 11.3.